The molecule has 0 spiro atoms. The van der Waals surface area contributed by atoms with Gasteiger partial charge in [-0.3, -0.25) is 4.90 Å². The summed E-state index contributed by atoms with van der Waals surface area (Å²) in [5.74, 6) is 0. The van der Waals surface area contributed by atoms with Crippen molar-refractivity contribution in [3.63, 3.8) is 0 Å². The fourth-order valence-corrected chi connectivity index (χ4v) is 2.55. The minimum atomic E-state index is 0. The number of likely N-dealkylation sites (tertiary alicyclic amines) is 1. The van der Waals surface area contributed by atoms with E-state index in [9.17, 15) is 0 Å². The Labute approximate surface area is 117 Å². The highest BCUT2D eigenvalue weighted by atomic mass is 35.5. The largest absolute Gasteiger partial charge is 0.399 e. The summed E-state index contributed by atoms with van der Waals surface area (Å²) in [6.07, 6.45) is 3.96. The van der Waals surface area contributed by atoms with Gasteiger partial charge in [-0.1, -0.05) is 32.4 Å². The molecule has 0 bridgehead atoms. The number of rotatable bonds is 3. The average molecular weight is 269 g/mol. The van der Waals surface area contributed by atoms with Crippen LogP contribution >= 0.6 is 12.4 Å². The predicted octanol–water partition coefficient (Wildman–Crippen LogP) is 3.70. The highest BCUT2D eigenvalue weighted by molar-refractivity contribution is 5.85. The maximum absolute atomic E-state index is 5.81. The number of benzene rings is 1. The first-order valence-electron chi connectivity index (χ1n) is 6.68. The van der Waals surface area contributed by atoms with Crippen molar-refractivity contribution in [3.8, 4) is 0 Å². The number of halogens is 1. The van der Waals surface area contributed by atoms with Crippen molar-refractivity contribution in [1.82, 2.24) is 4.90 Å². The predicted molar refractivity (Wildman–Crippen MR) is 81.0 cm³/mol. The van der Waals surface area contributed by atoms with E-state index in [1.54, 1.807) is 0 Å². The molecule has 1 fully saturated rings. The molecule has 2 nitrogen and oxygen atoms in total. The van der Waals surface area contributed by atoms with Gasteiger partial charge in [-0.25, -0.2) is 0 Å². The molecule has 1 saturated heterocycles. The number of piperidine rings is 1. The van der Waals surface area contributed by atoms with Crippen LogP contribution in [0.3, 0.4) is 0 Å². The summed E-state index contributed by atoms with van der Waals surface area (Å²) in [5, 5.41) is 0. The molecule has 0 saturated carbocycles. The molecule has 1 aromatic carbocycles. The quantitative estimate of drug-likeness (QED) is 0.847. The first-order valence-corrected chi connectivity index (χ1v) is 6.68. The number of anilines is 1. The highest BCUT2D eigenvalue weighted by Gasteiger charge is 2.27. The van der Waals surface area contributed by atoms with Gasteiger partial charge in [-0.2, -0.15) is 0 Å². The van der Waals surface area contributed by atoms with Gasteiger partial charge >= 0.3 is 0 Å². The normalized spacial score (nSPS) is 19.2. The van der Waals surface area contributed by atoms with Gasteiger partial charge in [0, 0.05) is 12.2 Å². The Hall–Kier alpha value is -0.730. The number of nitrogen functional groups attached to an aromatic ring is 1. The molecule has 1 aliphatic heterocycles. The van der Waals surface area contributed by atoms with Crippen molar-refractivity contribution >= 4 is 18.1 Å². The van der Waals surface area contributed by atoms with Crippen LogP contribution in [0, 0.1) is 5.41 Å². The summed E-state index contributed by atoms with van der Waals surface area (Å²) in [6.45, 7) is 8.22. The van der Waals surface area contributed by atoms with Gasteiger partial charge in [0.25, 0.3) is 0 Å². The smallest absolute Gasteiger partial charge is 0.0317 e. The highest BCUT2D eigenvalue weighted by Crippen LogP contribution is 2.34. The minimum absolute atomic E-state index is 0. The first kappa shape index (κ1) is 15.3. The molecular weight excluding hydrogens is 244 g/mol. The summed E-state index contributed by atoms with van der Waals surface area (Å²) in [4.78, 5) is 2.55. The van der Waals surface area contributed by atoms with Crippen molar-refractivity contribution in [1.29, 1.82) is 0 Å². The van der Waals surface area contributed by atoms with Crippen molar-refractivity contribution in [2.75, 3.05) is 18.8 Å². The van der Waals surface area contributed by atoms with Crippen LogP contribution in [-0.2, 0) is 6.54 Å². The zero-order valence-electron chi connectivity index (χ0n) is 11.5. The molecule has 0 aromatic heterocycles. The summed E-state index contributed by atoms with van der Waals surface area (Å²) in [6, 6.07) is 8.26. The van der Waals surface area contributed by atoms with E-state index in [2.05, 4.69) is 30.9 Å². The standard InChI is InChI=1S/C15H24N2.ClH/c1-3-15(2)7-9-17(10-8-15)12-13-5-4-6-14(16)11-13;/h4-6,11H,3,7-10,12,16H2,1-2H3;1H. The van der Waals surface area contributed by atoms with Crippen LogP contribution in [0.2, 0.25) is 0 Å². The fourth-order valence-electron chi connectivity index (χ4n) is 2.55. The Morgan fingerprint density at radius 2 is 1.94 bits per heavy atom. The van der Waals surface area contributed by atoms with Gasteiger partial charge in [0.2, 0.25) is 0 Å². The van der Waals surface area contributed by atoms with Crippen LogP contribution in [0.4, 0.5) is 5.69 Å². The lowest BCUT2D eigenvalue weighted by molar-refractivity contribution is 0.109. The van der Waals surface area contributed by atoms with E-state index in [-0.39, 0.29) is 12.4 Å². The Kier molecular flexibility index (Phi) is 5.48. The van der Waals surface area contributed by atoms with Crippen LogP contribution in [0.1, 0.15) is 38.7 Å². The Balaban J connectivity index is 0.00000162. The maximum atomic E-state index is 5.81. The van der Waals surface area contributed by atoms with Gasteiger partial charge in [0.05, 0.1) is 0 Å². The molecule has 1 aromatic rings. The van der Waals surface area contributed by atoms with Crippen LogP contribution in [0.25, 0.3) is 0 Å². The number of hydrogen-bond donors (Lipinski definition) is 1. The summed E-state index contributed by atoms with van der Waals surface area (Å²) in [7, 11) is 0. The topological polar surface area (TPSA) is 29.3 Å². The molecule has 2 rings (SSSR count). The zero-order chi connectivity index (χ0) is 12.3. The van der Waals surface area contributed by atoms with E-state index < -0.39 is 0 Å². The molecule has 2 N–H and O–H groups in total. The number of nitrogens with two attached hydrogens (primary N) is 1. The molecule has 0 aliphatic carbocycles. The third-order valence-electron chi connectivity index (χ3n) is 4.27. The average Bonchev–Trinajstić information content (AvgIpc) is 2.33. The molecule has 0 radical (unpaired) electrons. The van der Waals surface area contributed by atoms with Gasteiger partial charge in [-0.15, -0.1) is 12.4 Å². The fraction of sp³-hybridized carbons (Fsp3) is 0.600. The minimum Gasteiger partial charge on any atom is -0.399 e. The van der Waals surface area contributed by atoms with E-state index in [0.717, 1.165) is 12.2 Å². The third kappa shape index (κ3) is 3.89. The van der Waals surface area contributed by atoms with Crippen LogP contribution in [0.5, 0.6) is 0 Å². The lowest BCUT2D eigenvalue weighted by Gasteiger charge is -2.39. The second-order valence-electron chi connectivity index (χ2n) is 5.69. The molecule has 0 unspecified atom stereocenters. The van der Waals surface area contributed by atoms with E-state index >= 15 is 0 Å². The SMILES string of the molecule is CCC1(C)CCN(Cc2cccc(N)c2)CC1.Cl. The van der Waals surface area contributed by atoms with Crippen molar-refractivity contribution in [2.45, 2.75) is 39.7 Å². The van der Waals surface area contributed by atoms with Crippen LogP contribution in [0.15, 0.2) is 24.3 Å². The zero-order valence-corrected chi connectivity index (χ0v) is 12.3. The lowest BCUT2D eigenvalue weighted by atomic mass is 9.78. The third-order valence-corrected chi connectivity index (χ3v) is 4.27. The van der Waals surface area contributed by atoms with Gasteiger partial charge in [0.15, 0.2) is 0 Å². The number of hydrogen-bond acceptors (Lipinski definition) is 2. The van der Waals surface area contributed by atoms with Gasteiger partial charge < -0.3 is 5.73 Å². The summed E-state index contributed by atoms with van der Waals surface area (Å²) >= 11 is 0. The molecule has 0 atom stereocenters. The Morgan fingerprint density at radius 1 is 1.28 bits per heavy atom. The lowest BCUT2D eigenvalue weighted by Crippen LogP contribution is -2.37. The molecule has 0 amide bonds. The van der Waals surface area contributed by atoms with Gasteiger partial charge in [0.1, 0.15) is 0 Å². The molecule has 18 heavy (non-hydrogen) atoms. The monoisotopic (exact) mass is 268 g/mol. The van der Waals surface area contributed by atoms with E-state index in [1.807, 2.05) is 12.1 Å². The van der Waals surface area contributed by atoms with E-state index in [4.69, 9.17) is 5.73 Å². The molecule has 1 heterocycles. The van der Waals surface area contributed by atoms with Crippen LogP contribution in [-0.4, -0.2) is 18.0 Å². The van der Waals surface area contributed by atoms with Crippen LogP contribution < -0.4 is 5.73 Å². The maximum Gasteiger partial charge on any atom is 0.0317 e. The molecule has 102 valence electrons. The van der Waals surface area contributed by atoms with Crippen molar-refractivity contribution < 1.29 is 0 Å². The second kappa shape index (κ2) is 6.44. The van der Waals surface area contributed by atoms with Crippen molar-refractivity contribution in [3.05, 3.63) is 29.8 Å². The number of nitrogens with zero attached hydrogens (tertiary/aromatic N) is 1. The second-order valence-corrected chi connectivity index (χ2v) is 5.69. The first-order chi connectivity index (χ1) is 8.11. The molecule has 1 aliphatic rings. The van der Waals surface area contributed by atoms with E-state index in [0.29, 0.717) is 5.41 Å². The van der Waals surface area contributed by atoms with Crippen molar-refractivity contribution in [2.24, 2.45) is 5.41 Å². The Morgan fingerprint density at radius 3 is 2.50 bits per heavy atom. The van der Waals surface area contributed by atoms with Gasteiger partial charge in [-0.05, 0) is 49.0 Å². The molecule has 3 heteroatoms. The summed E-state index contributed by atoms with van der Waals surface area (Å²) < 4.78 is 0. The molecular formula is C15H25ClN2. The van der Waals surface area contributed by atoms with E-state index in [1.165, 1.54) is 37.9 Å². The Bertz CT molecular complexity index is 371. The summed E-state index contributed by atoms with van der Waals surface area (Å²) in [5.41, 5.74) is 8.60.